The predicted octanol–water partition coefficient (Wildman–Crippen LogP) is 2.40. The first-order chi connectivity index (χ1) is 9.85. The van der Waals surface area contributed by atoms with Crippen LogP contribution in [0.25, 0.3) is 0 Å². The van der Waals surface area contributed by atoms with Crippen molar-refractivity contribution in [3.8, 4) is 0 Å². The second-order valence-electron chi connectivity index (χ2n) is 5.09. The predicted molar refractivity (Wildman–Crippen MR) is 81.5 cm³/mol. The molecule has 114 valence electrons. The van der Waals surface area contributed by atoms with Gasteiger partial charge in [-0.15, -0.1) is 0 Å². The fraction of sp³-hybridized carbons (Fsp3) is 0.500. The zero-order valence-corrected chi connectivity index (χ0v) is 13.7. The van der Waals surface area contributed by atoms with Gasteiger partial charge in [0.1, 0.15) is 5.69 Å². The number of aryl methyl sites for hydroxylation is 4. The van der Waals surface area contributed by atoms with Crippen molar-refractivity contribution in [2.45, 2.75) is 40.3 Å². The summed E-state index contributed by atoms with van der Waals surface area (Å²) in [4.78, 5) is 12.4. The molecule has 6 nitrogen and oxygen atoms in total. The van der Waals surface area contributed by atoms with E-state index in [0.717, 1.165) is 17.8 Å². The molecule has 1 amide bonds. The molecule has 0 fully saturated rings. The molecule has 2 aromatic heterocycles. The highest BCUT2D eigenvalue weighted by molar-refractivity contribution is 6.34. The van der Waals surface area contributed by atoms with Crippen LogP contribution in [0.15, 0.2) is 6.20 Å². The number of halogens is 1. The number of carbonyl (C=O) groups is 1. The molecule has 0 aromatic carbocycles. The first kappa shape index (κ1) is 15.6. The lowest BCUT2D eigenvalue weighted by Crippen LogP contribution is -2.28. The van der Waals surface area contributed by atoms with E-state index in [1.165, 1.54) is 4.68 Å². The molecule has 0 saturated heterocycles. The third kappa shape index (κ3) is 2.95. The molecule has 0 aliphatic carbocycles. The first-order valence-electron chi connectivity index (χ1n) is 6.89. The lowest BCUT2D eigenvalue weighted by atomic mass is 10.1. The number of rotatable bonds is 4. The standard InChI is InChI=1S/C14H20ClN5O/c1-6-20-7-11(9(3)18-20)8(2)16-14(21)13-12(15)10(4)17-19(13)5/h7-8H,6H2,1-5H3,(H,16,21). The molecule has 0 aliphatic rings. The lowest BCUT2D eigenvalue weighted by Gasteiger charge is -2.13. The van der Waals surface area contributed by atoms with Crippen LogP contribution in [-0.2, 0) is 13.6 Å². The fourth-order valence-corrected chi connectivity index (χ4v) is 2.59. The molecule has 21 heavy (non-hydrogen) atoms. The van der Waals surface area contributed by atoms with Crippen molar-refractivity contribution in [3.63, 3.8) is 0 Å². The maximum absolute atomic E-state index is 12.4. The van der Waals surface area contributed by atoms with Crippen molar-refractivity contribution in [2.24, 2.45) is 7.05 Å². The highest BCUT2D eigenvalue weighted by atomic mass is 35.5. The third-order valence-electron chi connectivity index (χ3n) is 3.49. The molecule has 1 unspecified atom stereocenters. The summed E-state index contributed by atoms with van der Waals surface area (Å²) in [5, 5.41) is 11.9. The summed E-state index contributed by atoms with van der Waals surface area (Å²) >= 11 is 6.14. The molecule has 0 saturated carbocycles. The van der Waals surface area contributed by atoms with E-state index in [1.807, 2.05) is 31.6 Å². The molecular formula is C14H20ClN5O. The highest BCUT2D eigenvalue weighted by Gasteiger charge is 2.22. The Hall–Kier alpha value is -1.82. The smallest absolute Gasteiger partial charge is 0.271 e. The third-order valence-corrected chi connectivity index (χ3v) is 3.94. The zero-order chi connectivity index (χ0) is 15.7. The number of amides is 1. The van der Waals surface area contributed by atoms with Crippen LogP contribution in [0.3, 0.4) is 0 Å². The minimum absolute atomic E-state index is 0.149. The van der Waals surface area contributed by atoms with E-state index >= 15 is 0 Å². The molecule has 0 bridgehead atoms. The Morgan fingerprint density at radius 3 is 2.52 bits per heavy atom. The Bertz CT molecular complexity index is 673. The van der Waals surface area contributed by atoms with Gasteiger partial charge in [0.05, 0.1) is 22.5 Å². The SMILES string of the molecule is CCn1cc(C(C)NC(=O)c2c(Cl)c(C)nn2C)c(C)n1. The molecule has 1 atom stereocenters. The minimum atomic E-state index is -0.237. The summed E-state index contributed by atoms with van der Waals surface area (Å²) in [5.74, 6) is -0.237. The van der Waals surface area contributed by atoms with Crippen molar-refractivity contribution in [3.05, 3.63) is 33.9 Å². The van der Waals surface area contributed by atoms with Gasteiger partial charge >= 0.3 is 0 Å². The molecule has 0 radical (unpaired) electrons. The van der Waals surface area contributed by atoms with Gasteiger partial charge < -0.3 is 5.32 Å². The van der Waals surface area contributed by atoms with Crippen molar-refractivity contribution in [2.75, 3.05) is 0 Å². The van der Waals surface area contributed by atoms with Crippen LogP contribution in [0.2, 0.25) is 5.02 Å². The van der Waals surface area contributed by atoms with Crippen LogP contribution in [0.5, 0.6) is 0 Å². The van der Waals surface area contributed by atoms with E-state index < -0.39 is 0 Å². The number of nitrogens with one attached hydrogen (secondary N) is 1. The van der Waals surface area contributed by atoms with E-state index in [2.05, 4.69) is 15.5 Å². The Morgan fingerprint density at radius 1 is 1.38 bits per heavy atom. The van der Waals surface area contributed by atoms with Gasteiger partial charge in [0.25, 0.3) is 5.91 Å². The molecule has 2 heterocycles. The van der Waals surface area contributed by atoms with Gasteiger partial charge in [0.2, 0.25) is 0 Å². The summed E-state index contributed by atoms with van der Waals surface area (Å²) in [6, 6.07) is -0.149. The zero-order valence-electron chi connectivity index (χ0n) is 12.9. The molecule has 1 N–H and O–H groups in total. The monoisotopic (exact) mass is 309 g/mol. The largest absolute Gasteiger partial charge is 0.344 e. The summed E-state index contributed by atoms with van der Waals surface area (Å²) in [6.45, 7) is 8.47. The van der Waals surface area contributed by atoms with Gasteiger partial charge in [0.15, 0.2) is 0 Å². The van der Waals surface area contributed by atoms with E-state index in [-0.39, 0.29) is 11.9 Å². The van der Waals surface area contributed by atoms with Crippen LogP contribution >= 0.6 is 11.6 Å². The van der Waals surface area contributed by atoms with Crippen molar-refractivity contribution >= 4 is 17.5 Å². The minimum Gasteiger partial charge on any atom is -0.344 e. The molecule has 2 rings (SSSR count). The lowest BCUT2D eigenvalue weighted by molar-refractivity contribution is 0.0930. The van der Waals surface area contributed by atoms with E-state index in [0.29, 0.717) is 16.4 Å². The second kappa shape index (κ2) is 5.89. The normalized spacial score (nSPS) is 12.5. The maximum Gasteiger partial charge on any atom is 0.271 e. The number of aromatic nitrogens is 4. The van der Waals surface area contributed by atoms with Gasteiger partial charge in [-0.2, -0.15) is 10.2 Å². The molecular weight excluding hydrogens is 290 g/mol. The molecule has 7 heteroatoms. The van der Waals surface area contributed by atoms with Crippen molar-refractivity contribution in [1.29, 1.82) is 0 Å². The quantitative estimate of drug-likeness (QED) is 0.943. The van der Waals surface area contributed by atoms with Gasteiger partial charge in [-0.05, 0) is 27.7 Å². The Morgan fingerprint density at radius 2 is 2.05 bits per heavy atom. The Balaban J connectivity index is 2.20. The Kier molecular flexibility index (Phi) is 4.37. The Labute approximate surface area is 129 Å². The van der Waals surface area contributed by atoms with Crippen molar-refractivity contribution < 1.29 is 4.79 Å². The van der Waals surface area contributed by atoms with Crippen LogP contribution < -0.4 is 5.32 Å². The van der Waals surface area contributed by atoms with Crippen LogP contribution in [0.1, 0.15) is 47.3 Å². The fourth-order valence-electron chi connectivity index (χ4n) is 2.34. The number of hydrogen-bond acceptors (Lipinski definition) is 3. The number of hydrogen-bond donors (Lipinski definition) is 1. The van der Waals surface area contributed by atoms with Gasteiger partial charge in [-0.1, -0.05) is 11.6 Å². The van der Waals surface area contributed by atoms with Gasteiger partial charge in [0, 0.05) is 25.4 Å². The summed E-state index contributed by atoms with van der Waals surface area (Å²) in [6.07, 6.45) is 1.95. The molecule has 2 aromatic rings. The molecule has 0 aliphatic heterocycles. The molecule has 0 spiro atoms. The van der Waals surface area contributed by atoms with E-state index in [9.17, 15) is 4.79 Å². The highest BCUT2D eigenvalue weighted by Crippen LogP contribution is 2.21. The van der Waals surface area contributed by atoms with Gasteiger partial charge in [-0.25, -0.2) is 0 Å². The van der Waals surface area contributed by atoms with E-state index in [4.69, 9.17) is 11.6 Å². The van der Waals surface area contributed by atoms with Crippen LogP contribution in [-0.4, -0.2) is 25.5 Å². The van der Waals surface area contributed by atoms with Crippen LogP contribution in [0.4, 0.5) is 0 Å². The van der Waals surface area contributed by atoms with E-state index in [1.54, 1.807) is 14.0 Å². The average molecular weight is 310 g/mol. The summed E-state index contributed by atoms with van der Waals surface area (Å²) < 4.78 is 3.36. The summed E-state index contributed by atoms with van der Waals surface area (Å²) in [7, 11) is 1.71. The average Bonchev–Trinajstić information content (AvgIpc) is 2.90. The second-order valence-corrected chi connectivity index (χ2v) is 5.47. The van der Waals surface area contributed by atoms with Gasteiger partial charge in [-0.3, -0.25) is 14.2 Å². The number of carbonyl (C=O) groups excluding carboxylic acids is 1. The first-order valence-corrected chi connectivity index (χ1v) is 7.26. The van der Waals surface area contributed by atoms with Crippen LogP contribution in [0, 0.1) is 13.8 Å². The maximum atomic E-state index is 12.4. The summed E-state index contributed by atoms with van der Waals surface area (Å²) in [5.41, 5.74) is 2.94. The number of nitrogens with zero attached hydrogens (tertiary/aromatic N) is 4. The van der Waals surface area contributed by atoms with Crippen molar-refractivity contribution in [1.82, 2.24) is 24.9 Å². The topological polar surface area (TPSA) is 64.7 Å².